The van der Waals surface area contributed by atoms with Crippen LogP contribution in [-0.4, -0.2) is 36.6 Å². The number of ether oxygens (including phenoxy) is 1. The van der Waals surface area contributed by atoms with Crippen LogP contribution in [0.3, 0.4) is 0 Å². The Kier molecular flexibility index (Phi) is 4.23. The molecule has 1 aliphatic carbocycles. The highest BCUT2D eigenvalue weighted by Gasteiger charge is 2.37. The normalized spacial score (nSPS) is 31.8. The van der Waals surface area contributed by atoms with Gasteiger partial charge in [0.25, 0.3) is 0 Å². The Balaban J connectivity index is 1.97. The second kappa shape index (κ2) is 5.70. The van der Waals surface area contributed by atoms with Crippen LogP contribution in [0.4, 0.5) is 0 Å². The van der Waals surface area contributed by atoms with Gasteiger partial charge in [-0.1, -0.05) is 31.2 Å². The molecule has 1 saturated heterocycles. The Labute approximate surface area is 109 Å². The van der Waals surface area contributed by atoms with Crippen molar-refractivity contribution in [3.8, 4) is 0 Å². The van der Waals surface area contributed by atoms with Crippen LogP contribution < -0.4 is 0 Å². The number of carbonyl (C=O) groups is 1. The maximum absolute atomic E-state index is 11.3. The van der Waals surface area contributed by atoms with E-state index in [4.69, 9.17) is 4.74 Å². The summed E-state index contributed by atoms with van der Waals surface area (Å²) in [6.07, 6.45) is 12.7. The van der Waals surface area contributed by atoms with Gasteiger partial charge in [0.2, 0.25) is 0 Å². The van der Waals surface area contributed by atoms with E-state index >= 15 is 0 Å². The fourth-order valence-corrected chi connectivity index (χ4v) is 3.10. The number of carbonyl (C=O) groups excluding carboxylic acids is 1. The highest BCUT2D eigenvalue weighted by molar-refractivity contribution is 5.69. The minimum absolute atomic E-state index is 0.0773. The molecule has 0 radical (unpaired) electrons. The van der Waals surface area contributed by atoms with Crippen molar-refractivity contribution in [2.24, 2.45) is 5.92 Å². The summed E-state index contributed by atoms with van der Waals surface area (Å²) in [7, 11) is 1.47. The lowest BCUT2D eigenvalue weighted by Crippen LogP contribution is -2.45. The number of esters is 1. The molecular weight excluding hydrogens is 226 g/mol. The summed E-state index contributed by atoms with van der Waals surface area (Å²) >= 11 is 0. The number of likely N-dealkylation sites (tertiary alicyclic amines) is 1. The Morgan fingerprint density at radius 3 is 2.94 bits per heavy atom. The zero-order valence-electron chi connectivity index (χ0n) is 11.4. The van der Waals surface area contributed by atoms with Gasteiger partial charge in [0.1, 0.15) is 0 Å². The lowest BCUT2D eigenvalue weighted by atomic mass is 9.87. The first-order valence-corrected chi connectivity index (χ1v) is 6.86. The average molecular weight is 249 g/mol. The van der Waals surface area contributed by atoms with E-state index in [-0.39, 0.29) is 11.5 Å². The number of hydrogen-bond donors (Lipinski definition) is 0. The van der Waals surface area contributed by atoms with Gasteiger partial charge in [0.15, 0.2) is 0 Å². The molecule has 2 rings (SSSR count). The van der Waals surface area contributed by atoms with Gasteiger partial charge in [-0.2, -0.15) is 0 Å². The molecule has 1 aliphatic heterocycles. The van der Waals surface area contributed by atoms with Crippen molar-refractivity contribution >= 4 is 5.97 Å². The average Bonchev–Trinajstić information content (AvgIpc) is 2.88. The lowest BCUT2D eigenvalue weighted by molar-refractivity contribution is -0.141. The van der Waals surface area contributed by atoms with Gasteiger partial charge in [0, 0.05) is 18.5 Å². The van der Waals surface area contributed by atoms with Crippen LogP contribution in [0.2, 0.25) is 0 Å². The summed E-state index contributed by atoms with van der Waals surface area (Å²) in [4.78, 5) is 13.9. The van der Waals surface area contributed by atoms with Crippen LogP contribution in [0.25, 0.3) is 0 Å². The highest BCUT2D eigenvalue weighted by atomic mass is 16.5. The fourth-order valence-electron chi connectivity index (χ4n) is 3.10. The van der Waals surface area contributed by atoms with E-state index in [1.165, 1.54) is 7.11 Å². The van der Waals surface area contributed by atoms with E-state index in [0.717, 1.165) is 32.4 Å². The molecule has 100 valence electrons. The van der Waals surface area contributed by atoms with Gasteiger partial charge in [-0.15, -0.1) is 0 Å². The van der Waals surface area contributed by atoms with Crippen LogP contribution in [0, 0.1) is 5.92 Å². The standard InChI is InChI=1S/C15H23NO2/c1-3-15(8-5-4-6-9-15)16-10-7-13(12-16)11-14(17)18-2/h4-6,8,13H,3,7,9-12H2,1-2H3/t13-,15-/m1/s1. The van der Waals surface area contributed by atoms with Crippen LogP contribution in [0.5, 0.6) is 0 Å². The van der Waals surface area contributed by atoms with Crippen molar-refractivity contribution < 1.29 is 9.53 Å². The Morgan fingerprint density at radius 1 is 1.50 bits per heavy atom. The van der Waals surface area contributed by atoms with Gasteiger partial charge in [-0.3, -0.25) is 9.69 Å². The second-order valence-corrected chi connectivity index (χ2v) is 5.33. The van der Waals surface area contributed by atoms with E-state index in [1.54, 1.807) is 0 Å². The minimum Gasteiger partial charge on any atom is -0.469 e. The number of methoxy groups -OCH3 is 1. The molecule has 3 nitrogen and oxygen atoms in total. The van der Waals surface area contributed by atoms with Crippen LogP contribution >= 0.6 is 0 Å². The molecule has 0 saturated carbocycles. The monoisotopic (exact) mass is 249 g/mol. The van der Waals surface area contributed by atoms with E-state index in [2.05, 4.69) is 36.1 Å². The van der Waals surface area contributed by atoms with E-state index in [9.17, 15) is 4.79 Å². The van der Waals surface area contributed by atoms with Gasteiger partial charge in [-0.25, -0.2) is 0 Å². The number of allylic oxidation sites excluding steroid dienone is 2. The fraction of sp³-hybridized carbons (Fsp3) is 0.667. The van der Waals surface area contributed by atoms with E-state index in [0.29, 0.717) is 12.3 Å². The number of hydrogen-bond acceptors (Lipinski definition) is 3. The van der Waals surface area contributed by atoms with Crippen molar-refractivity contribution in [3.63, 3.8) is 0 Å². The topological polar surface area (TPSA) is 29.5 Å². The Bertz CT molecular complexity index is 362. The van der Waals surface area contributed by atoms with Crippen molar-refractivity contribution in [1.29, 1.82) is 0 Å². The summed E-state index contributed by atoms with van der Waals surface area (Å²) in [5, 5.41) is 0. The molecule has 0 unspecified atom stereocenters. The lowest BCUT2D eigenvalue weighted by Gasteiger charge is -2.40. The second-order valence-electron chi connectivity index (χ2n) is 5.33. The minimum atomic E-state index is -0.0773. The molecule has 18 heavy (non-hydrogen) atoms. The van der Waals surface area contributed by atoms with E-state index < -0.39 is 0 Å². The maximum atomic E-state index is 11.3. The predicted molar refractivity (Wildman–Crippen MR) is 72.2 cm³/mol. The zero-order valence-corrected chi connectivity index (χ0v) is 11.4. The summed E-state index contributed by atoms with van der Waals surface area (Å²) < 4.78 is 4.76. The SMILES string of the molecule is CC[C@@]1(N2CC[C@H](CC(=O)OC)C2)C=CC=CC1. The molecule has 2 aliphatic rings. The molecule has 0 N–H and O–H groups in total. The maximum Gasteiger partial charge on any atom is 0.305 e. The van der Waals surface area contributed by atoms with Gasteiger partial charge >= 0.3 is 5.97 Å². The molecule has 2 atom stereocenters. The molecule has 0 bridgehead atoms. The number of nitrogens with zero attached hydrogens (tertiary/aromatic N) is 1. The Morgan fingerprint density at radius 2 is 2.33 bits per heavy atom. The summed E-state index contributed by atoms with van der Waals surface area (Å²) in [5.74, 6) is 0.381. The first-order chi connectivity index (χ1) is 8.70. The van der Waals surface area contributed by atoms with Crippen LogP contribution in [0.15, 0.2) is 24.3 Å². The zero-order chi connectivity index (χ0) is 13.0. The Hall–Kier alpha value is -1.09. The summed E-state index contributed by atoms with van der Waals surface area (Å²) in [5.41, 5.74) is 0.180. The van der Waals surface area contributed by atoms with Crippen molar-refractivity contribution in [1.82, 2.24) is 4.90 Å². The van der Waals surface area contributed by atoms with Crippen molar-refractivity contribution in [2.75, 3.05) is 20.2 Å². The van der Waals surface area contributed by atoms with E-state index in [1.807, 2.05) is 0 Å². The van der Waals surface area contributed by atoms with Crippen LogP contribution in [-0.2, 0) is 9.53 Å². The molecule has 0 aromatic rings. The van der Waals surface area contributed by atoms with Gasteiger partial charge in [0.05, 0.1) is 7.11 Å². The molecule has 0 amide bonds. The molecule has 1 fully saturated rings. The predicted octanol–water partition coefficient (Wildman–Crippen LogP) is 2.54. The smallest absolute Gasteiger partial charge is 0.305 e. The summed E-state index contributed by atoms with van der Waals surface area (Å²) in [6, 6.07) is 0. The largest absolute Gasteiger partial charge is 0.469 e. The molecule has 0 aromatic heterocycles. The third-order valence-corrected chi connectivity index (χ3v) is 4.34. The molecule has 0 aromatic carbocycles. The first kappa shape index (κ1) is 13.3. The quantitative estimate of drug-likeness (QED) is 0.717. The molecule has 1 heterocycles. The van der Waals surface area contributed by atoms with Crippen molar-refractivity contribution in [2.45, 2.75) is 38.1 Å². The molecule has 0 spiro atoms. The third kappa shape index (κ3) is 2.66. The third-order valence-electron chi connectivity index (χ3n) is 4.34. The molecule has 3 heteroatoms. The summed E-state index contributed by atoms with van der Waals surface area (Å²) in [6.45, 7) is 4.35. The highest BCUT2D eigenvalue weighted by Crippen LogP contribution is 2.34. The van der Waals surface area contributed by atoms with Gasteiger partial charge in [-0.05, 0) is 31.7 Å². The van der Waals surface area contributed by atoms with Gasteiger partial charge < -0.3 is 4.74 Å². The van der Waals surface area contributed by atoms with Crippen molar-refractivity contribution in [3.05, 3.63) is 24.3 Å². The molecular formula is C15H23NO2. The van der Waals surface area contributed by atoms with Crippen LogP contribution in [0.1, 0.15) is 32.6 Å². The first-order valence-electron chi connectivity index (χ1n) is 6.86. The number of rotatable bonds is 4.